The minimum atomic E-state index is -0.425. The van der Waals surface area contributed by atoms with E-state index in [1.807, 2.05) is 6.92 Å². The van der Waals surface area contributed by atoms with Gasteiger partial charge in [-0.15, -0.1) is 0 Å². The monoisotopic (exact) mass is 382 g/mol. The molecule has 1 aliphatic carbocycles. The molecule has 2 aliphatic rings. The number of benzene rings is 1. The van der Waals surface area contributed by atoms with Crippen molar-refractivity contribution in [3.63, 3.8) is 0 Å². The molecule has 25 heavy (non-hydrogen) atoms. The van der Waals surface area contributed by atoms with Crippen molar-refractivity contribution in [3.05, 3.63) is 33.4 Å². The van der Waals surface area contributed by atoms with Gasteiger partial charge in [-0.3, -0.25) is 14.5 Å². The van der Waals surface area contributed by atoms with E-state index in [4.69, 9.17) is 27.9 Å². The van der Waals surface area contributed by atoms with E-state index < -0.39 is 5.91 Å². The second-order valence-electron chi connectivity index (χ2n) is 6.39. The average molecular weight is 383 g/mol. The van der Waals surface area contributed by atoms with Crippen LogP contribution in [0.5, 0.6) is 5.75 Å². The molecule has 0 bridgehead atoms. The predicted molar refractivity (Wildman–Crippen MR) is 98.0 cm³/mol. The summed E-state index contributed by atoms with van der Waals surface area (Å²) in [5.74, 6) is -0.328. The summed E-state index contributed by atoms with van der Waals surface area (Å²) < 4.78 is 5.31. The Balaban J connectivity index is 1.89. The summed E-state index contributed by atoms with van der Waals surface area (Å²) in [5, 5.41) is 3.46. The molecule has 5 nitrogen and oxygen atoms in total. The smallest absolute Gasteiger partial charge is 0.279 e. The molecule has 1 aliphatic heterocycles. The van der Waals surface area contributed by atoms with Gasteiger partial charge in [-0.25, -0.2) is 0 Å². The first-order chi connectivity index (χ1) is 11.9. The van der Waals surface area contributed by atoms with E-state index in [2.05, 4.69) is 5.32 Å². The number of carbonyl (C=O) groups excluding carboxylic acids is 2. The van der Waals surface area contributed by atoms with Crippen LogP contribution in [0.2, 0.25) is 5.02 Å². The Labute approximate surface area is 156 Å². The lowest BCUT2D eigenvalue weighted by atomic mass is 9.94. The van der Waals surface area contributed by atoms with Crippen molar-refractivity contribution in [3.8, 4) is 5.75 Å². The van der Waals surface area contributed by atoms with Gasteiger partial charge in [0.1, 0.15) is 16.5 Å². The van der Waals surface area contributed by atoms with Crippen LogP contribution in [0.4, 0.5) is 5.69 Å². The average Bonchev–Trinajstić information content (AvgIpc) is 2.82. The molecule has 0 aromatic heterocycles. The standard InChI is InChI=1S/C18H20Cl2N2O3/c1-10-8-13(14(25-2)9-12(10)19)21-16-15(20)17(23)22(18(16)24)11-6-4-3-5-7-11/h8-9,11,21H,3-7H2,1-2H3. The molecule has 1 saturated carbocycles. The van der Waals surface area contributed by atoms with Crippen molar-refractivity contribution in [2.45, 2.75) is 45.1 Å². The van der Waals surface area contributed by atoms with E-state index in [9.17, 15) is 9.59 Å². The predicted octanol–water partition coefficient (Wildman–Crippen LogP) is 4.22. The van der Waals surface area contributed by atoms with Crippen LogP contribution < -0.4 is 10.1 Å². The zero-order valence-electron chi connectivity index (χ0n) is 14.2. The van der Waals surface area contributed by atoms with E-state index in [0.29, 0.717) is 16.5 Å². The maximum absolute atomic E-state index is 12.8. The van der Waals surface area contributed by atoms with Gasteiger partial charge in [-0.05, 0) is 31.4 Å². The number of carbonyl (C=O) groups is 2. The SMILES string of the molecule is COc1cc(Cl)c(C)cc1NC1=C(Cl)C(=O)N(C2CCCCC2)C1=O. The Morgan fingerprint density at radius 3 is 2.44 bits per heavy atom. The second-order valence-corrected chi connectivity index (χ2v) is 7.17. The normalized spacial score (nSPS) is 19.0. The quantitative estimate of drug-likeness (QED) is 0.791. The van der Waals surface area contributed by atoms with E-state index in [-0.39, 0.29) is 22.7 Å². The number of rotatable bonds is 4. The number of nitrogens with one attached hydrogen (secondary N) is 1. The second kappa shape index (κ2) is 7.26. The summed E-state index contributed by atoms with van der Waals surface area (Å²) in [4.78, 5) is 26.6. The molecule has 134 valence electrons. The van der Waals surface area contributed by atoms with Gasteiger partial charge in [0, 0.05) is 17.1 Å². The van der Waals surface area contributed by atoms with Crippen molar-refractivity contribution >= 4 is 40.7 Å². The first kappa shape index (κ1) is 18.1. The minimum Gasteiger partial charge on any atom is -0.495 e. The molecule has 2 amide bonds. The lowest BCUT2D eigenvalue weighted by molar-refractivity contribution is -0.140. The van der Waals surface area contributed by atoms with Crippen molar-refractivity contribution in [1.29, 1.82) is 0 Å². The first-order valence-electron chi connectivity index (χ1n) is 8.33. The fraction of sp³-hybridized carbons (Fsp3) is 0.444. The molecule has 1 aromatic carbocycles. The number of anilines is 1. The number of amides is 2. The first-order valence-corrected chi connectivity index (χ1v) is 9.08. The highest BCUT2D eigenvalue weighted by Crippen LogP contribution is 2.36. The highest BCUT2D eigenvalue weighted by Gasteiger charge is 2.42. The molecule has 0 saturated heterocycles. The third kappa shape index (κ3) is 3.35. The number of imide groups is 1. The van der Waals surface area contributed by atoms with Crippen LogP contribution in [0.1, 0.15) is 37.7 Å². The van der Waals surface area contributed by atoms with Crippen LogP contribution >= 0.6 is 23.2 Å². The molecule has 0 atom stereocenters. The van der Waals surface area contributed by atoms with Gasteiger partial charge >= 0.3 is 0 Å². The number of methoxy groups -OCH3 is 1. The molecule has 1 aromatic rings. The van der Waals surface area contributed by atoms with Crippen molar-refractivity contribution in [2.75, 3.05) is 12.4 Å². The summed E-state index contributed by atoms with van der Waals surface area (Å²) in [6.07, 6.45) is 4.84. The van der Waals surface area contributed by atoms with E-state index >= 15 is 0 Å². The van der Waals surface area contributed by atoms with Crippen molar-refractivity contribution in [2.24, 2.45) is 0 Å². The third-order valence-electron chi connectivity index (χ3n) is 4.74. The minimum absolute atomic E-state index is 0.0735. The Morgan fingerprint density at radius 2 is 1.80 bits per heavy atom. The zero-order valence-corrected chi connectivity index (χ0v) is 15.7. The fourth-order valence-corrected chi connectivity index (χ4v) is 3.74. The summed E-state index contributed by atoms with van der Waals surface area (Å²) in [5.41, 5.74) is 1.46. The zero-order chi connectivity index (χ0) is 18.1. The topological polar surface area (TPSA) is 58.6 Å². The van der Waals surface area contributed by atoms with Crippen LogP contribution in [-0.2, 0) is 9.59 Å². The van der Waals surface area contributed by atoms with Gasteiger partial charge in [0.05, 0.1) is 12.8 Å². The highest BCUT2D eigenvalue weighted by molar-refractivity contribution is 6.48. The summed E-state index contributed by atoms with van der Waals surface area (Å²) in [6, 6.07) is 3.35. The molecule has 7 heteroatoms. The van der Waals surface area contributed by atoms with E-state index in [0.717, 1.165) is 37.7 Å². The van der Waals surface area contributed by atoms with Crippen molar-refractivity contribution in [1.82, 2.24) is 4.90 Å². The fourth-order valence-electron chi connectivity index (χ4n) is 3.36. The van der Waals surface area contributed by atoms with Gasteiger partial charge in [0.15, 0.2) is 0 Å². The van der Waals surface area contributed by atoms with Gasteiger partial charge in [-0.2, -0.15) is 0 Å². The molecule has 3 rings (SSSR count). The Morgan fingerprint density at radius 1 is 1.12 bits per heavy atom. The number of ether oxygens (including phenoxy) is 1. The number of hydrogen-bond acceptors (Lipinski definition) is 4. The molecular weight excluding hydrogens is 363 g/mol. The lowest BCUT2D eigenvalue weighted by Gasteiger charge is -2.29. The van der Waals surface area contributed by atoms with Crippen LogP contribution in [0.25, 0.3) is 0 Å². The van der Waals surface area contributed by atoms with Gasteiger partial charge in [0.2, 0.25) is 0 Å². The number of nitrogens with zero attached hydrogens (tertiary/aromatic N) is 1. The highest BCUT2D eigenvalue weighted by atomic mass is 35.5. The third-order valence-corrected chi connectivity index (χ3v) is 5.50. The molecule has 1 fully saturated rings. The van der Waals surface area contributed by atoms with E-state index in [1.54, 1.807) is 12.1 Å². The maximum atomic E-state index is 12.8. The summed E-state index contributed by atoms with van der Waals surface area (Å²) >= 11 is 12.3. The van der Waals surface area contributed by atoms with Gasteiger partial charge in [0.25, 0.3) is 11.8 Å². The number of aryl methyl sites for hydroxylation is 1. The van der Waals surface area contributed by atoms with Gasteiger partial charge < -0.3 is 10.1 Å². The molecule has 0 unspecified atom stereocenters. The van der Waals surface area contributed by atoms with Crippen LogP contribution in [0.15, 0.2) is 22.9 Å². The number of halogens is 2. The molecule has 0 spiro atoms. The van der Waals surface area contributed by atoms with Crippen LogP contribution in [0, 0.1) is 6.92 Å². The Kier molecular flexibility index (Phi) is 5.25. The molecule has 0 radical (unpaired) electrons. The van der Waals surface area contributed by atoms with Crippen LogP contribution in [0.3, 0.4) is 0 Å². The molecule has 1 N–H and O–H groups in total. The summed E-state index contributed by atoms with van der Waals surface area (Å²) in [7, 11) is 1.51. The van der Waals surface area contributed by atoms with Crippen LogP contribution in [-0.4, -0.2) is 29.9 Å². The molecular formula is C18H20Cl2N2O3. The largest absolute Gasteiger partial charge is 0.495 e. The van der Waals surface area contributed by atoms with E-state index in [1.165, 1.54) is 12.0 Å². The van der Waals surface area contributed by atoms with Crippen molar-refractivity contribution < 1.29 is 14.3 Å². The summed E-state index contributed by atoms with van der Waals surface area (Å²) in [6.45, 7) is 1.85. The number of hydrogen-bond donors (Lipinski definition) is 1. The molecule has 1 heterocycles. The Bertz CT molecular complexity index is 755. The van der Waals surface area contributed by atoms with Gasteiger partial charge in [-0.1, -0.05) is 42.5 Å². The lowest BCUT2D eigenvalue weighted by Crippen LogP contribution is -2.42. The maximum Gasteiger partial charge on any atom is 0.279 e. The Hall–Kier alpha value is -1.72.